The largest absolute Gasteiger partial charge is 0.497 e. The van der Waals surface area contributed by atoms with Gasteiger partial charge in [-0.15, -0.1) is 11.3 Å². The highest BCUT2D eigenvalue weighted by molar-refractivity contribution is 7.10. The molecule has 1 amide bonds. The number of amides is 1. The molecular formula is C18H18ClNO3S. The quantitative estimate of drug-likeness (QED) is 0.778. The number of thiophene rings is 1. The third-order valence-corrected chi connectivity index (χ3v) is 5.22. The van der Waals surface area contributed by atoms with E-state index >= 15 is 0 Å². The molecule has 0 saturated carbocycles. The molecule has 1 atom stereocenters. The maximum absolute atomic E-state index is 12.4. The van der Waals surface area contributed by atoms with Gasteiger partial charge in [0.1, 0.15) is 24.1 Å². The van der Waals surface area contributed by atoms with Crippen LogP contribution in [0.2, 0.25) is 0 Å². The molecule has 0 aliphatic carbocycles. The number of methoxy groups -OCH3 is 1. The predicted molar refractivity (Wildman–Crippen MR) is 96.0 cm³/mol. The van der Waals surface area contributed by atoms with Crippen molar-refractivity contribution in [3.63, 3.8) is 0 Å². The van der Waals surface area contributed by atoms with Gasteiger partial charge in [0, 0.05) is 17.0 Å². The van der Waals surface area contributed by atoms with Crippen LogP contribution in [0.15, 0.2) is 47.3 Å². The number of fused-ring (bicyclic) bond motifs is 1. The summed E-state index contributed by atoms with van der Waals surface area (Å²) < 4.78 is 11.1. The Hall–Kier alpha value is -1.98. The first-order chi connectivity index (χ1) is 11.7. The highest BCUT2D eigenvalue weighted by atomic mass is 35.5. The Bertz CT molecular complexity index is 726. The molecule has 0 radical (unpaired) electrons. The van der Waals surface area contributed by atoms with E-state index in [1.807, 2.05) is 40.6 Å². The van der Waals surface area contributed by atoms with Gasteiger partial charge in [-0.25, -0.2) is 0 Å². The van der Waals surface area contributed by atoms with Gasteiger partial charge in [0.15, 0.2) is 0 Å². The number of nitrogens with zero attached hydrogens (tertiary/aromatic N) is 1. The first-order valence-corrected chi connectivity index (χ1v) is 8.92. The Morgan fingerprint density at radius 2 is 2.04 bits per heavy atom. The third-order valence-electron chi connectivity index (χ3n) is 3.98. The van der Waals surface area contributed by atoms with E-state index in [0.717, 1.165) is 17.1 Å². The fourth-order valence-corrected chi connectivity index (χ4v) is 3.86. The van der Waals surface area contributed by atoms with Gasteiger partial charge in [-0.3, -0.25) is 4.79 Å². The van der Waals surface area contributed by atoms with Gasteiger partial charge in [0.25, 0.3) is 0 Å². The molecule has 4 nitrogen and oxygen atoms in total. The van der Waals surface area contributed by atoms with Crippen molar-refractivity contribution in [2.24, 2.45) is 0 Å². The van der Waals surface area contributed by atoms with Crippen LogP contribution >= 0.6 is 22.9 Å². The maximum Gasteiger partial charge on any atom is 0.227 e. The summed E-state index contributed by atoms with van der Waals surface area (Å²) in [4.78, 5) is 15.5. The summed E-state index contributed by atoms with van der Waals surface area (Å²) in [7, 11) is 1.63. The van der Waals surface area contributed by atoms with Crippen LogP contribution in [0.4, 0.5) is 0 Å². The van der Waals surface area contributed by atoms with E-state index in [-0.39, 0.29) is 11.9 Å². The summed E-state index contributed by atoms with van der Waals surface area (Å²) in [6.07, 6.45) is 2.21. The van der Waals surface area contributed by atoms with Crippen LogP contribution in [0.1, 0.15) is 16.5 Å². The normalized spacial score (nSPS) is 17.2. The summed E-state index contributed by atoms with van der Waals surface area (Å²) >= 11 is 7.30. The number of ether oxygens (including phenoxy) is 2. The maximum atomic E-state index is 12.4. The van der Waals surface area contributed by atoms with Gasteiger partial charge in [-0.2, -0.15) is 0 Å². The minimum atomic E-state index is -0.101. The van der Waals surface area contributed by atoms with Crippen molar-refractivity contribution >= 4 is 28.8 Å². The second-order valence-electron chi connectivity index (χ2n) is 5.40. The summed E-state index contributed by atoms with van der Waals surface area (Å²) in [6.45, 7) is 0.887. The van der Waals surface area contributed by atoms with Gasteiger partial charge in [-0.05, 0) is 41.3 Å². The van der Waals surface area contributed by atoms with Crippen LogP contribution in [0.25, 0.3) is 0 Å². The molecule has 2 heterocycles. The molecule has 1 aliphatic heterocycles. The lowest BCUT2D eigenvalue weighted by Crippen LogP contribution is -2.42. The van der Waals surface area contributed by atoms with E-state index in [9.17, 15) is 4.79 Å². The molecule has 1 aromatic heterocycles. The molecule has 0 bridgehead atoms. The molecule has 0 N–H and O–H groups in total. The zero-order valence-corrected chi connectivity index (χ0v) is 14.8. The lowest BCUT2D eigenvalue weighted by molar-refractivity contribution is -0.134. The molecule has 2 aromatic rings. The van der Waals surface area contributed by atoms with Crippen molar-refractivity contribution in [3.8, 4) is 11.5 Å². The first-order valence-electron chi connectivity index (χ1n) is 7.60. The second kappa shape index (κ2) is 7.73. The third kappa shape index (κ3) is 3.57. The summed E-state index contributed by atoms with van der Waals surface area (Å²) in [5, 5.41) is 2.03. The molecule has 1 aliphatic rings. The molecule has 24 heavy (non-hydrogen) atoms. The van der Waals surface area contributed by atoms with Crippen LogP contribution in [-0.2, 0) is 11.2 Å². The number of rotatable bonds is 6. The molecule has 0 spiro atoms. The highest BCUT2D eigenvalue weighted by Crippen LogP contribution is 2.35. The smallest absolute Gasteiger partial charge is 0.227 e. The van der Waals surface area contributed by atoms with Crippen LogP contribution < -0.4 is 9.47 Å². The lowest BCUT2D eigenvalue weighted by atomic mass is 10.0. The zero-order chi connectivity index (χ0) is 16.9. The van der Waals surface area contributed by atoms with Gasteiger partial charge in [0.05, 0.1) is 13.5 Å². The van der Waals surface area contributed by atoms with E-state index in [0.29, 0.717) is 19.6 Å². The van der Waals surface area contributed by atoms with E-state index in [1.165, 1.54) is 10.4 Å². The zero-order valence-electron chi connectivity index (χ0n) is 13.3. The van der Waals surface area contributed by atoms with Crippen LogP contribution in [0, 0.1) is 0 Å². The summed E-state index contributed by atoms with van der Waals surface area (Å²) in [5.41, 5.74) is 2.54. The number of halogens is 1. The van der Waals surface area contributed by atoms with Crippen LogP contribution in [-0.4, -0.2) is 31.1 Å². The minimum Gasteiger partial charge on any atom is -0.497 e. The summed E-state index contributed by atoms with van der Waals surface area (Å²) in [6, 6.07) is 9.35. The Kier molecular flexibility index (Phi) is 5.43. The van der Waals surface area contributed by atoms with Crippen molar-refractivity contribution < 1.29 is 14.3 Å². The van der Waals surface area contributed by atoms with Gasteiger partial charge < -0.3 is 14.4 Å². The standard InChI is InChI=1S/C18H18ClNO3S/c1-22-14-3-5-15(6-4-14)23-12-16-18-13(7-10-24-18)11-17(21)20(16)9-2-8-19/h2-8,10,16H,9,11-12H2,1H3/b8-2+. The summed E-state index contributed by atoms with van der Waals surface area (Å²) in [5.74, 6) is 1.63. The topological polar surface area (TPSA) is 38.8 Å². The van der Waals surface area contributed by atoms with Crippen molar-refractivity contribution in [2.75, 3.05) is 20.3 Å². The Morgan fingerprint density at radius 3 is 2.75 bits per heavy atom. The van der Waals surface area contributed by atoms with E-state index in [4.69, 9.17) is 21.1 Å². The Balaban J connectivity index is 1.77. The number of carbonyl (C=O) groups excluding carboxylic acids is 1. The number of carbonyl (C=O) groups is 1. The number of hydrogen-bond donors (Lipinski definition) is 0. The average Bonchev–Trinajstić information content (AvgIpc) is 3.06. The van der Waals surface area contributed by atoms with Crippen LogP contribution in [0.3, 0.4) is 0 Å². The van der Waals surface area contributed by atoms with E-state index < -0.39 is 0 Å². The Labute approximate surface area is 150 Å². The van der Waals surface area contributed by atoms with Gasteiger partial charge in [0.2, 0.25) is 5.91 Å². The van der Waals surface area contributed by atoms with Crippen LogP contribution in [0.5, 0.6) is 11.5 Å². The van der Waals surface area contributed by atoms with Gasteiger partial charge >= 0.3 is 0 Å². The predicted octanol–water partition coefficient (Wildman–Crippen LogP) is 4.01. The van der Waals surface area contributed by atoms with E-state index in [1.54, 1.807) is 24.5 Å². The van der Waals surface area contributed by atoms with Gasteiger partial charge in [-0.1, -0.05) is 17.7 Å². The molecule has 1 unspecified atom stereocenters. The Morgan fingerprint density at radius 1 is 1.29 bits per heavy atom. The number of hydrogen-bond acceptors (Lipinski definition) is 4. The molecule has 0 saturated heterocycles. The second-order valence-corrected chi connectivity index (χ2v) is 6.60. The van der Waals surface area contributed by atoms with Crippen molar-refractivity contribution in [2.45, 2.75) is 12.5 Å². The monoisotopic (exact) mass is 363 g/mol. The first kappa shape index (κ1) is 16.9. The molecule has 6 heteroatoms. The van der Waals surface area contributed by atoms with Crippen molar-refractivity contribution in [3.05, 3.63) is 57.8 Å². The van der Waals surface area contributed by atoms with Crippen molar-refractivity contribution in [1.82, 2.24) is 4.90 Å². The fraction of sp³-hybridized carbons (Fsp3) is 0.278. The average molecular weight is 364 g/mol. The molecule has 1 aromatic carbocycles. The molecule has 126 valence electrons. The van der Waals surface area contributed by atoms with E-state index in [2.05, 4.69) is 0 Å². The number of benzene rings is 1. The SMILES string of the molecule is COc1ccc(OCC2c3sccc3CC(=O)N2C/C=C/Cl)cc1. The molecule has 3 rings (SSSR count). The molecular weight excluding hydrogens is 346 g/mol. The highest BCUT2D eigenvalue weighted by Gasteiger charge is 2.33. The minimum absolute atomic E-state index is 0.0963. The van der Waals surface area contributed by atoms with Crippen molar-refractivity contribution in [1.29, 1.82) is 0 Å². The fourth-order valence-electron chi connectivity index (χ4n) is 2.76. The lowest BCUT2D eigenvalue weighted by Gasteiger charge is -2.34. The molecule has 0 fully saturated rings.